The lowest BCUT2D eigenvalue weighted by atomic mass is 9.70. The quantitative estimate of drug-likeness (QED) is 0.191. The van der Waals surface area contributed by atoms with Crippen LogP contribution in [0.1, 0.15) is 0 Å². The van der Waals surface area contributed by atoms with E-state index in [-0.39, 0.29) is 0 Å². The van der Waals surface area contributed by atoms with Gasteiger partial charge in [-0.2, -0.15) is 5.06 Å². The van der Waals surface area contributed by atoms with Gasteiger partial charge in [0.15, 0.2) is 0 Å². The Morgan fingerprint density at radius 1 is 0.800 bits per heavy atom. The number of fused-ring (bicyclic) bond motifs is 1. The van der Waals surface area contributed by atoms with Crippen molar-refractivity contribution in [3.63, 3.8) is 0 Å². The number of rotatable bonds is 0. The van der Waals surface area contributed by atoms with Crippen molar-refractivity contribution in [2.75, 3.05) is 0 Å². The Morgan fingerprint density at radius 2 is 1.30 bits per heavy atom. The molecule has 1 atom stereocenters. The normalized spacial score (nSPS) is 36.3. The summed E-state index contributed by atoms with van der Waals surface area (Å²) in [5, 5.41) is 95.2. The maximum absolute atomic E-state index is 10.1. The summed E-state index contributed by atoms with van der Waals surface area (Å²) < 4.78 is 0. The van der Waals surface area contributed by atoms with E-state index >= 15 is 0 Å². The number of aliphatic hydroxyl groups is 9. The molecule has 0 saturated carbocycles. The molecule has 1 saturated heterocycles. The van der Waals surface area contributed by atoms with Crippen LogP contribution in [-0.2, 0) is 0 Å². The zero-order valence-electron chi connectivity index (χ0n) is 9.65. The van der Waals surface area contributed by atoms with Crippen LogP contribution in [0.2, 0.25) is 0 Å². The highest BCUT2D eigenvalue weighted by molar-refractivity contribution is 5.40. The van der Waals surface area contributed by atoms with Gasteiger partial charge in [-0.25, -0.2) is 0 Å². The lowest BCUT2D eigenvalue weighted by Gasteiger charge is -2.60. The topological polar surface area (TPSA) is 206 Å². The summed E-state index contributed by atoms with van der Waals surface area (Å²) in [6.45, 7) is 0. The Balaban J connectivity index is 2.81. The maximum atomic E-state index is 10.1. The highest BCUT2D eigenvalue weighted by Gasteiger charge is 2.83. The molecule has 11 nitrogen and oxygen atoms in total. The van der Waals surface area contributed by atoms with E-state index in [0.29, 0.717) is 12.2 Å². The first-order valence-corrected chi connectivity index (χ1v) is 5.15. The molecule has 0 spiro atoms. The molecule has 114 valence electrons. The largest absolute Gasteiger partial charge is 0.373 e. The van der Waals surface area contributed by atoms with E-state index in [1.165, 1.54) is 0 Å². The van der Waals surface area contributed by atoms with Crippen LogP contribution in [0.3, 0.4) is 0 Å². The van der Waals surface area contributed by atoms with Gasteiger partial charge < -0.3 is 46.0 Å². The fourth-order valence-electron chi connectivity index (χ4n) is 2.16. The van der Waals surface area contributed by atoms with Crippen molar-refractivity contribution in [1.82, 2.24) is 5.06 Å². The van der Waals surface area contributed by atoms with Crippen LogP contribution in [0.5, 0.6) is 0 Å². The molecule has 20 heavy (non-hydrogen) atoms. The van der Waals surface area contributed by atoms with Gasteiger partial charge in [0, 0.05) is 0 Å². The van der Waals surface area contributed by atoms with Crippen LogP contribution in [0.4, 0.5) is 0 Å². The van der Waals surface area contributed by atoms with E-state index < -0.39 is 39.6 Å². The fourth-order valence-corrected chi connectivity index (χ4v) is 2.16. The molecule has 1 unspecified atom stereocenters. The van der Waals surface area contributed by atoms with Crippen LogP contribution in [0.25, 0.3) is 0 Å². The molecule has 1 aliphatic carbocycles. The van der Waals surface area contributed by atoms with Gasteiger partial charge in [-0.15, -0.1) is 0 Å². The number of hydrogen-bond acceptors (Lipinski definition) is 11. The molecule has 1 heterocycles. The third-order valence-corrected chi connectivity index (χ3v) is 3.47. The minimum absolute atomic E-state index is 0.434. The van der Waals surface area contributed by atoms with Crippen LogP contribution in [0, 0.1) is 0 Å². The Morgan fingerprint density at radius 3 is 1.80 bits per heavy atom. The molecule has 0 amide bonds. The average Bonchev–Trinajstić information content (AvgIpc) is 2.29. The lowest BCUT2D eigenvalue weighted by Crippen LogP contribution is -2.88. The van der Waals surface area contributed by atoms with E-state index in [0.717, 1.165) is 6.08 Å². The van der Waals surface area contributed by atoms with E-state index in [1.807, 2.05) is 0 Å². The van der Waals surface area contributed by atoms with Crippen molar-refractivity contribution >= 4 is 0 Å². The standard InChI is InChI=1S/C9H13NO10/c11-5(12)3-1-2-4-6(5,13)7(14,15)8(16,17)9(18,19)10(4)20/h1-3,11-20H. The fraction of sp³-hybridized carbons (Fsp3) is 0.556. The summed E-state index contributed by atoms with van der Waals surface area (Å²) in [5.41, 5.74) is -4.94. The van der Waals surface area contributed by atoms with Crippen molar-refractivity contribution in [2.24, 2.45) is 0 Å². The summed E-state index contributed by atoms with van der Waals surface area (Å²) in [7, 11) is 0. The van der Waals surface area contributed by atoms with Gasteiger partial charge in [-0.3, -0.25) is 5.21 Å². The van der Waals surface area contributed by atoms with E-state index in [1.54, 1.807) is 0 Å². The predicted octanol–water partition coefficient (Wildman–Crippen LogP) is -5.44. The Labute approximate surface area is 110 Å². The molecule has 0 aromatic rings. The number of nitrogens with zero attached hydrogens (tertiary/aromatic N) is 1. The number of piperidine rings is 1. The number of hydrogen-bond donors (Lipinski definition) is 10. The zero-order valence-corrected chi connectivity index (χ0v) is 9.65. The highest BCUT2D eigenvalue weighted by atomic mass is 16.7. The third kappa shape index (κ3) is 1.27. The van der Waals surface area contributed by atoms with Gasteiger partial charge in [-0.05, 0) is 12.2 Å². The van der Waals surface area contributed by atoms with Crippen molar-refractivity contribution in [3.8, 4) is 0 Å². The van der Waals surface area contributed by atoms with Gasteiger partial charge in [0.05, 0.1) is 5.70 Å². The molecular weight excluding hydrogens is 282 g/mol. The van der Waals surface area contributed by atoms with E-state index in [9.17, 15) is 51.2 Å². The molecule has 0 aromatic heterocycles. The van der Waals surface area contributed by atoms with Gasteiger partial charge in [0.2, 0.25) is 11.4 Å². The second-order valence-corrected chi connectivity index (χ2v) is 4.64. The average molecular weight is 295 g/mol. The Hall–Kier alpha value is -1.12. The molecular formula is C9H13NO10. The van der Waals surface area contributed by atoms with Crippen LogP contribution >= 0.6 is 0 Å². The summed E-state index contributed by atoms with van der Waals surface area (Å²) >= 11 is 0. The number of hydroxylamine groups is 2. The van der Waals surface area contributed by atoms with E-state index in [2.05, 4.69) is 0 Å². The van der Waals surface area contributed by atoms with Crippen molar-refractivity contribution in [3.05, 3.63) is 23.9 Å². The molecule has 10 N–H and O–H groups in total. The van der Waals surface area contributed by atoms with Crippen LogP contribution in [-0.4, -0.2) is 85.1 Å². The first-order valence-electron chi connectivity index (χ1n) is 5.15. The minimum atomic E-state index is -4.40. The molecule has 11 heteroatoms. The van der Waals surface area contributed by atoms with Gasteiger partial charge in [0.1, 0.15) is 0 Å². The lowest BCUT2D eigenvalue weighted by molar-refractivity contribution is -0.562. The monoisotopic (exact) mass is 295 g/mol. The smallest absolute Gasteiger partial charge is 0.332 e. The minimum Gasteiger partial charge on any atom is -0.373 e. The summed E-state index contributed by atoms with van der Waals surface area (Å²) in [5.74, 6) is -16.3. The SMILES string of the molecule is ON1C2=CC=CC(O)(O)C2(O)C(O)(O)C(O)(O)C1(O)O. The third-order valence-electron chi connectivity index (χ3n) is 3.47. The Kier molecular flexibility index (Phi) is 2.71. The van der Waals surface area contributed by atoms with Gasteiger partial charge in [-0.1, -0.05) is 6.08 Å². The molecule has 1 fully saturated rings. The van der Waals surface area contributed by atoms with Crippen molar-refractivity contribution in [1.29, 1.82) is 0 Å². The first kappa shape index (κ1) is 15.3. The molecule has 0 radical (unpaired) electrons. The first-order chi connectivity index (χ1) is 8.75. The second kappa shape index (κ2) is 3.55. The van der Waals surface area contributed by atoms with Gasteiger partial charge >= 0.3 is 11.7 Å². The van der Waals surface area contributed by atoms with E-state index in [4.69, 9.17) is 0 Å². The molecule has 2 aliphatic rings. The summed E-state index contributed by atoms with van der Waals surface area (Å²) in [4.78, 5) is 0. The van der Waals surface area contributed by atoms with Crippen molar-refractivity contribution < 1.29 is 51.2 Å². The predicted molar refractivity (Wildman–Crippen MR) is 54.5 cm³/mol. The maximum Gasteiger partial charge on any atom is 0.332 e. The second-order valence-electron chi connectivity index (χ2n) is 4.64. The van der Waals surface area contributed by atoms with Crippen LogP contribution < -0.4 is 0 Å². The zero-order chi connectivity index (χ0) is 15.8. The summed E-state index contributed by atoms with van der Waals surface area (Å²) in [6, 6.07) is 0. The Bertz CT molecular complexity index is 507. The van der Waals surface area contributed by atoms with Crippen LogP contribution in [0.15, 0.2) is 23.9 Å². The number of allylic oxidation sites excluding steroid dienone is 2. The molecule has 2 rings (SSSR count). The highest BCUT2D eigenvalue weighted by Crippen LogP contribution is 2.52. The van der Waals surface area contributed by atoms with Crippen molar-refractivity contribution in [2.45, 2.75) is 28.9 Å². The molecule has 0 aromatic carbocycles. The molecule has 0 bridgehead atoms. The molecule has 1 aliphatic heterocycles. The van der Waals surface area contributed by atoms with Gasteiger partial charge in [0.25, 0.3) is 5.79 Å². The summed E-state index contributed by atoms with van der Waals surface area (Å²) in [6.07, 6.45) is 1.91.